The van der Waals surface area contributed by atoms with Crippen LogP contribution < -0.4 is 15.4 Å². The van der Waals surface area contributed by atoms with E-state index < -0.39 is 0 Å². The quantitative estimate of drug-likeness (QED) is 0.757. The predicted molar refractivity (Wildman–Crippen MR) is 96.8 cm³/mol. The highest BCUT2D eigenvalue weighted by Gasteiger charge is 2.06. The summed E-state index contributed by atoms with van der Waals surface area (Å²) in [6.45, 7) is 2.40. The Labute approximate surface area is 145 Å². The van der Waals surface area contributed by atoms with E-state index in [-0.39, 0.29) is 18.4 Å². The molecule has 0 aliphatic carbocycles. The summed E-state index contributed by atoms with van der Waals surface area (Å²) in [5, 5.41) is 5.48. The van der Waals surface area contributed by atoms with Gasteiger partial charge in [0.1, 0.15) is 5.75 Å². The molecule has 0 aliphatic heterocycles. The Balaban J connectivity index is 1.90. The summed E-state index contributed by atoms with van der Waals surface area (Å²) < 4.78 is 5.36. The van der Waals surface area contributed by atoms with Gasteiger partial charge in [-0.05, 0) is 61.7 Å². The highest BCUT2D eigenvalue weighted by Crippen LogP contribution is 2.18. The van der Waals surface area contributed by atoms with Gasteiger partial charge in [0.15, 0.2) is 6.61 Å². The standard InChI is InChI=1S/C18H20N2O3S/c1-3-19-17(21)12-23-15-8-6-14(7-9-15)20-18(22)13-4-10-16(24-2)11-5-13/h4-11H,3,12H2,1-2H3,(H,19,21)(H,20,22). The number of likely N-dealkylation sites (N-methyl/N-ethyl adjacent to an activating group) is 1. The van der Waals surface area contributed by atoms with E-state index >= 15 is 0 Å². The SMILES string of the molecule is CCNC(=O)COc1ccc(NC(=O)c2ccc(SC)cc2)cc1. The fourth-order valence-corrected chi connectivity index (χ4v) is 2.39. The van der Waals surface area contributed by atoms with Crippen molar-refractivity contribution >= 4 is 29.3 Å². The van der Waals surface area contributed by atoms with Crippen LogP contribution in [0.1, 0.15) is 17.3 Å². The molecule has 2 rings (SSSR count). The van der Waals surface area contributed by atoms with Crippen LogP contribution in [0, 0.1) is 0 Å². The molecule has 2 N–H and O–H groups in total. The van der Waals surface area contributed by atoms with Crippen molar-refractivity contribution in [3.63, 3.8) is 0 Å². The van der Waals surface area contributed by atoms with Crippen molar-refractivity contribution in [2.45, 2.75) is 11.8 Å². The third-order valence-electron chi connectivity index (χ3n) is 3.21. The van der Waals surface area contributed by atoms with Gasteiger partial charge in [-0.15, -0.1) is 11.8 Å². The lowest BCUT2D eigenvalue weighted by Gasteiger charge is -2.08. The second-order valence-electron chi connectivity index (χ2n) is 4.95. The number of amides is 2. The van der Waals surface area contributed by atoms with Gasteiger partial charge in [0.2, 0.25) is 0 Å². The molecule has 0 radical (unpaired) electrons. The zero-order valence-electron chi connectivity index (χ0n) is 13.7. The number of ether oxygens (including phenoxy) is 1. The molecule has 0 aliphatic rings. The predicted octanol–water partition coefficient (Wildman–Crippen LogP) is 3.18. The first-order chi connectivity index (χ1) is 11.6. The number of hydrogen-bond acceptors (Lipinski definition) is 4. The monoisotopic (exact) mass is 344 g/mol. The molecule has 2 aromatic rings. The van der Waals surface area contributed by atoms with E-state index in [4.69, 9.17) is 4.74 Å². The molecule has 6 heteroatoms. The Hall–Kier alpha value is -2.47. The molecule has 5 nitrogen and oxygen atoms in total. The average molecular weight is 344 g/mol. The molecule has 0 saturated heterocycles. The van der Waals surface area contributed by atoms with Crippen LogP contribution in [0.15, 0.2) is 53.4 Å². The van der Waals surface area contributed by atoms with E-state index in [1.165, 1.54) is 0 Å². The maximum atomic E-state index is 12.2. The van der Waals surface area contributed by atoms with E-state index in [1.807, 2.05) is 25.3 Å². The minimum Gasteiger partial charge on any atom is -0.484 e. The molecule has 2 amide bonds. The lowest BCUT2D eigenvalue weighted by atomic mass is 10.2. The Morgan fingerprint density at radius 1 is 1.04 bits per heavy atom. The number of rotatable bonds is 7. The van der Waals surface area contributed by atoms with Gasteiger partial charge in [-0.1, -0.05) is 0 Å². The second-order valence-corrected chi connectivity index (χ2v) is 5.83. The first-order valence-electron chi connectivity index (χ1n) is 7.57. The maximum Gasteiger partial charge on any atom is 0.257 e. The van der Waals surface area contributed by atoms with Gasteiger partial charge in [-0.2, -0.15) is 0 Å². The molecule has 126 valence electrons. The fourth-order valence-electron chi connectivity index (χ4n) is 1.98. The fraction of sp³-hybridized carbons (Fsp3) is 0.222. The Morgan fingerprint density at radius 2 is 1.71 bits per heavy atom. The van der Waals surface area contributed by atoms with Gasteiger partial charge in [0.05, 0.1) is 0 Å². The number of anilines is 1. The van der Waals surface area contributed by atoms with Crippen LogP contribution in [-0.2, 0) is 4.79 Å². The molecule has 0 aromatic heterocycles. The van der Waals surface area contributed by atoms with Crippen molar-refractivity contribution in [1.29, 1.82) is 0 Å². The molecule has 2 aromatic carbocycles. The van der Waals surface area contributed by atoms with Crippen LogP contribution in [0.4, 0.5) is 5.69 Å². The summed E-state index contributed by atoms with van der Waals surface area (Å²) >= 11 is 1.63. The molecule has 0 saturated carbocycles. The topological polar surface area (TPSA) is 67.4 Å². The number of carbonyl (C=O) groups is 2. The number of nitrogens with one attached hydrogen (secondary N) is 2. The van der Waals surface area contributed by atoms with Crippen molar-refractivity contribution in [3.05, 3.63) is 54.1 Å². The smallest absolute Gasteiger partial charge is 0.257 e. The van der Waals surface area contributed by atoms with Crippen molar-refractivity contribution in [3.8, 4) is 5.75 Å². The molecule has 0 spiro atoms. The highest BCUT2D eigenvalue weighted by molar-refractivity contribution is 7.98. The maximum absolute atomic E-state index is 12.2. The summed E-state index contributed by atoms with van der Waals surface area (Å²) in [7, 11) is 0. The van der Waals surface area contributed by atoms with Crippen LogP contribution in [0.25, 0.3) is 0 Å². The van der Waals surface area contributed by atoms with Gasteiger partial charge >= 0.3 is 0 Å². The average Bonchev–Trinajstić information content (AvgIpc) is 2.61. The Morgan fingerprint density at radius 3 is 2.29 bits per heavy atom. The van der Waals surface area contributed by atoms with Gasteiger partial charge in [0, 0.05) is 22.7 Å². The van der Waals surface area contributed by atoms with Crippen LogP contribution in [0.3, 0.4) is 0 Å². The van der Waals surface area contributed by atoms with Gasteiger partial charge in [-0.3, -0.25) is 9.59 Å². The molecule has 0 unspecified atom stereocenters. The molecule has 0 bridgehead atoms. The van der Waals surface area contributed by atoms with Crippen molar-refractivity contribution in [1.82, 2.24) is 5.32 Å². The summed E-state index contributed by atoms with van der Waals surface area (Å²) in [6.07, 6.45) is 1.99. The van der Waals surface area contributed by atoms with Crippen molar-refractivity contribution < 1.29 is 14.3 Å². The second kappa shape index (κ2) is 8.98. The molecule has 0 atom stereocenters. The van der Waals surface area contributed by atoms with Crippen LogP contribution >= 0.6 is 11.8 Å². The molecular weight excluding hydrogens is 324 g/mol. The zero-order chi connectivity index (χ0) is 17.4. The van der Waals surface area contributed by atoms with E-state index in [1.54, 1.807) is 48.2 Å². The van der Waals surface area contributed by atoms with Crippen LogP contribution in [0.2, 0.25) is 0 Å². The highest BCUT2D eigenvalue weighted by atomic mass is 32.2. The van der Waals surface area contributed by atoms with Crippen LogP contribution in [-0.4, -0.2) is 31.2 Å². The molecule has 24 heavy (non-hydrogen) atoms. The number of thioether (sulfide) groups is 1. The summed E-state index contributed by atoms with van der Waals surface area (Å²) in [6, 6.07) is 14.3. The van der Waals surface area contributed by atoms with E-state index in [9.17, 15) is 9.59 Å². The van der Waals surface area contributed by atoms with E-state index in [0.717, 1.165) is 4.90 Å². The van der Waals surface area contributed by atoms with Gasteiger partial charge in [0.25, 0.3) is 11.8 Å². The number of benzene rings is 2. The molecule has 0 fully saturated rings. The number of hydrogen-bond donors (Lipinski definition) is 2. The van der Waals surface area contributed by atoms with Crippen molar-refractivity contribution in [2.24, 2.45) is 0 Å². The van der Waals surface area contributed by atoms with E-state index in [2.05, 4.69) is 10.6 Å². The van der Waals surface area contributed by atoms with Crippen molar-refractivity contribution in [2.75, 3.05) is 24.7 Å². The Bertz CT molecular complexity index is 684. The third kappa shape index (κ3) is 5.31. The lowest BCUT2D eigenvalue weighted by molar-refractivity contribution is -0.122. The summed E-state index contributed by atoms with van der Waals surface area (Å²) in [5.41, 5.74) is 1.27. The normalized spacial score (nSPS) is 10.1. The minimum atomic E-state index is -0.168. The summed E-state index contributed by atoms with van der Waals surface area (Å²) in [4.78, 5) is 24.6. The van der Waals surface area contributed by atoms with E-state index in [0.29, 0.717) is 23.5 Å². The largest absolute Gasteiger partial charge is 0.484 e. The lowest BCUT2D eigenvalue weighted by Crippen LogP contribution is -2.28. The molecule has 0 heterocycles. The first-order valence-corrected chi connectivity index (χ1v) is 8.80. The van der Waals surface area contributed by atoms with Gasteiger partial charge < -0.3 is 15.4 Å². The van der Waals surface area contributed by atoms with Crippen LogP contribution in [0.5, 0.6) is 5.75 Å². The summed E-state index contributed by atoms with van der Waals surface area (Å²) in [5.74, 6) is 0.241. The molecular formula is C18H20N2O3S. The number of carbonyl (C=O) groups excluding carboxylic acids is 2. The first kappa shape index (κ1) is 17.9. The zero-order valence-corrected chi connectivity index (χ0v) is 14.5. The van der Waals surface area contributed by atoms with Gasteiger partial charge in [-0.25, -0.2) is 0 Å². The minimum absolute atomic E-state index is 0.0265. The Kier molecular flexibility index (Phi) is 6.69. The third-order valence-corrected chi connectivity index (χ3v) is 3.95.